The van der Waals surface area contributed by atoms with Crippen LogP contribution in [0.2, 0.25) is 0 Å². The van der Waals surface area contributed by atoms with Crippen molar-refractivity contribution in [3.8, 4) is 12.3 Å². The lowest BCUT2D eigenvalue weighted by atomic mass is 9.91. The molecule has 2 heteroatoms. The number of likely N-dealkylation sites (tertiary alicyclic amines) is 1. The van der Waals surface area contributed by atoms with E-state index in [2.05, 4.69) is 30.2 Å². The van der Waals surface area contributed by atoms with Crippen molar-refractivity contribution >= 4 is 5.91 Å². The van der Waals surface area contributed by atoms with E-state index in [0.29, 0.717) is 19.5 Å². The van der Waals surface area contributed by atoms with Crippen LogP contribution < -0.4 is 0 Å². The van der Waals surface area contributed by atoms with Crippen molar-refractivity contribution < 1.29 is 4.79 Å². The smallest absolute Gasteiger partial charge is 0.223 e. The zero-order valence-corrected chi connectivity index (χ0v) is 12.5. The molecule has 2 aromatic carbocycles. The molecule has 2 aromatic rings. The second-order valence-electron chi connectivity index (χ2n) is 5.74. The lowest BCUT2D eigenvalue weighted by Gasteiger charge is -2.25. The first-order valence-electron chi connectivity index (χ1n) is 7.61. The van der Waals surface area contributed by atoms with Crippen molar-refractivity contribution in [2.24, 2.45) is 5.92 Å². The Morgan fingerprint density at radius 1 is 1.05 bits per heavy atom. The molecule has 22 heavy (non-hydrogen) atoms. The van der Waals surface area contributed by atoms with Crippen LogP contribution in [0.3, 0.4) is 0 Å². The van der Waals surface area contributed by atoms with E-state index in [0.717, 1.165) is 0 Å². The zero-order valence-electron chi connectivity index (χ0n) is 12.5. The van der Waals surface area contributed by atoms with Crippen molar-refractivity contribution in [2.45, 2.75) is 12.3 Å². The Labute approximate surface area is 131 Å². The van der Waals surface area contributed by atoms with E-state index < -0.39 is 0 Å². The van der Waals surface area contributed by atoms with Crippen LogP contribution in [-0.2, 0) is 4.79 Å². The van der Waals surface area contributed by atoms with Crippen LogP contribution in [0, 0.1) is 18.3 Å². The normalized spacial score (nSPS) is 17.7. The monoisotopic (exact) mass is 289 g/mol. The first kappa shape index (κ1) is 14.4. The Morgan fingerprint density at radius 2 is 1.59 bits per heavy atom. The Balaban J connectivity index is 1.87. The van der Waals surface area contributed by atoms with Gasteiger partial charge in [-0.15, -0.1) is 12.3 Å². The van der Waals surface area contributed by atoms with Gasteiger partial charge >= 0.3 is 0 Å². The summed E-state index contributed by atoms with van der Waals surface area (Å²) >= 11 is 0. The number of rotatable bonds is 4. The lowest BCUT2D eigenvalue weighted by molar-refractivity contribution is -0.127. The van der Waals surface area contributed by atoms with Gasteiger partial charge in [0, 0.05) is 31.3 Å². The average molecular weight is 289 g/mol. The highest BCUT2D eigenvalue weighted by molar-refractivity contribution is 5.79. The van der Waals surface area contributed by atoms with E-state index in [4.69, 9.17) is 6.42 Å². The molecular weight excluding hydrogens is 270 g/mol. The number of carbonyl (C=O) groups is 1. The topological polar surface area (TPSA) is 20.3 Å². The highest BCUT2D eigenvalue weighted by Gasteiger charge is 2.30. The van der Waals surface area contributed by atoms with Crippen LogP contribution in [0.5, 0.6) is 0 Å². The molecule has 1 atom stereocenters. The van der Waals surface area contributed by atoms with Crippen LogP contribution in [0.4, 0.5) is 0 Å². The number of nitrogens with zero attached hydrogens (tertiary/aromatic N) is 1. The van der Waals surface area contributed by atoms with Gasteiger partial charge in [0.2, 0.25) is 5.91 Å². The minimum absolute atomic E-state index is 0.0553. The third-order valence-electron chi connectivity index (χ3n) is 4.26. The molecule has 110 valence electrons. The largest absolute Gasteiger partial charge is 0.340 e. The van der Waals surface area contributed by atoms with E-state index in [1.807, 2.05) is 41.3 Å². The second kappa shape index (κ2) is 6.49. The summed E-state index contributed by atoms with van der Waals surface area (Å²) in [5, 5.41) is 0. The number of hydrogen-bond donors (Lipinski definition) is 0. The quantitative estimate of drug-likeness (QED) is 0.791. The van der Waals surface area contributed by atoms with Crippen molar-refractivity contribution in [2.75, 3.05) is 13.1 Å². The van der Waals surface area contributed by atoms with Gasteiger partial charge in [0.15, 0.2) is 0 Å². The number of hydrogen-bond acceptors (Lipinski definition) is 1. The molecule has 1 aliphatic heterocycles. The third-order valence-corrected chi connectivity index (χ3v) is 4.26. The Morgan fingerprint density at radius 3 is 2.05 bits per heavy atom. The molecule has 1 heterocycles. The summed E-state index contributed by atoms with van der Waals surface area (Å²) in [6.07, 6.45) is 5.96. The molecule has 1 unspecified atom stereocenters. The first-order valence-corrected chi connectivity index (χ1v) is 7.61. The van der Waals surface area contributed by atoms with E-state index in [9.17, 15) is 4.79 Å². The maximum absolute atomic E-state index is 12.2. The molecule has 1 amide bonds. The SMILES string of the molecule is C#CC1CC(=O)N(CC(c2ccccc2)c2ccccc2)C1. The van der Waals surface area contributed by atoms with Gasteiger partial charge in [0.25, 0.3) is 0 Å². The Hall–Kier alpha value is -2.53. The van der Waals surface area contributed by atoms with Gasteiger partial charge in [-0.25, -0.2) is 0 Å². The summed E-state index contributed by atoms with van der Waals surface area (Å²) in [5.74, 6) is 3.12. The highest BCUT2D eigenvalue weighted by Crippen LogP contribution is 2.28. The minimum Gasteiger partial charge on any atom is -0.340 e. The maximum atomic E-state index is 12.2. The van der Waals surface area contributed by atoms with Gasteiger partial charge in [-0.1, -0.05) is 60.7 Å². The van der Waals surface area contributed by atoms with Crippen molar-refractivity contribution in [3.63, 3.8) is 0 Å². The van der Waals surface area contributed by atoms with Crippen molar-refractivity contribution in [1.82, 2.24) is 4.90 Å². The van der Waals surface area contributed by atoms with Gasteiger partial charge in [-0.2, -0.15) is 0 Å². The molecule has 0 aromatic heterocycles. The van der Waals surface area contributed by atoms with Crippen molar-refractivity contribution in [3.05, 3.63) is 71.8 Å². The van der Waals surface area contributed by atoms with Gasteiger partial charge < -0.3 is 4.90 Å². The molecule has 0 bridgehead atoms. The number of terminal acetylenes is 1. The molecule has 1 aliphatic rings. The summed E-state index contributed by atoms with van der Waals surface area (Å²) in [7, 11) is 0. The highest BCUT2D eigenvalue weighted by atomic mass is 16.2. The van der Waals surface area contributed by atoms with Crippen LogP contribution in [-0.4, -0.2) is 23.9 Å². The predicted molar refractivity (Wildman–Crippen MR) is 88.2 cm³/mol. The van der Waals surface area contributed by atoms with Crippen LogP contribution in [0.1, 0.15) is 23.5 Å². The van der Waals surface area contributed by atoms with Crippen LogP contribution in [0.15, 0.2) is 60.7 Å². The Bertz CT molecular complexity index is 632. The predicted octanol–water partition coefficient (Wildman–Crippen LogP) is 3.30. The van der Waals surface area contributed by atoms with Gasteiger partial charge in [-0.05, 0) is 11.1 Å². The molecule has 1 fully saturated rings. The van der Waals surface area contributed by atoms with Crippen molar-refractivity contribution in [1.29, 1.82) is 0 Å². The molecule has 2 nitrogen and oxygen atoms in total. The fourth-order valence-electron chi connectivity index (χ4n) is 3.05. The van der Waals surface area contributed by atoms with E-state index in [-0.39, 0.29) is 17.7 Å². The summed E-state index contributed by atoms with van der Waals surface area (Å²) in [5.41, 5.74) is 2.45. The molecule has 0 aliphatic carbocycles. The average Bonchev–Trinajstić information content (AvgIpc) is 2.94. The van der Waals surface area contributed by atoms with E-state index in [1.165, 1.54) is 11.1 Å². The number of benzene rings is 2. The molecule has 0 spiro atoms. The molecule has 0 N–H and O–H groups in total. The lowest BCUT2D eigenvalue weighted by Crippen LogP contribution is -2.30. The molecular formula is C20H19NO. The second-order valence-corrected chi connectivity index (χ2v) is 5.74. The third kappa shape index (κ3) is 3.04. The number of amides is 1. The molecule has 3 rings (SSSR count). The van der Waals surface area contributed by atoms with Crippen LogP contribution >= 0.6 is 0 Å². The van der Waals surface area contributed by atoms with Gasteiger partial charge in [-0.3, -0.25) is 4.79 Å². The first-order chi connectivity index (χ1) is 10.8. The summed E-state index contributed by atoms with van der Waals surface area (Å²) < 4.78 is 0. The van der Waals surface area contributed by atoms with Crippen LogP contribution in [0.25, 0.3) is 0 Å². The summed E-state index contributed by atoms with van der Waals surface area (Å²) in [6, 6.07) is 20.7. The summed E-state index contributed by atoms with van der Waals surface area (Å²) in [4.78, 5) is 14.1. The Kier molecular flexibility index (Phi) is 4.25. The minimum atomic E-state index is 0.0553. The fourth-order valence-corrected chi connectivity index (χ4v) is 3.05. The molecule has 0 radical (unpaired) electrons. The maximum Gasteiger partial charge on any atom is 0.223 e. The van der Waals surface area contributed by atoms with E-state index >= 15 is 0 Å². The zero-order chi connectivity index (χ0) is 15.4. The summed E-state index contributed by atoms with van der Waals surface area (Å²) in [6.45, 7) is 1.36. The molecule has 1 saturated heterocycles. The van der Waals surface area contributed by atoms with Gasteiger partial charge in [0.05, 0.1) is 0 Å². The number of carbonyl (C=O) groups excluding carboxylic acids is 1. The molecule has 0 saturated carbocycles. The fraction of sp³-hybridized carbons (Fsp3) is 0.250. The van der Waals surface area contributed by atoms with E-state index in [1.54, 1.807) is 0 Å². The standard InChI is InChI=1S/C20H19NO/c1-2-16-13-20(22)21(14-16)15-19(17-9-5-3-6-10-17)18-11-7-4-8-12-18/h1,3-12,16,19H,13-15H2. The van der Waals surface area contributed by atoms with Gasteiger partial charge in [0.1, 0.15) is 0 Å².